The van der Waals surface area contributed by atoms with E-state index >= 15 is 0 Å². The van der Waals surface area contributed by atoms with Crippen molar-refractivity contribution in [1.29, 1.82) is 0 Å². The first-order valence-corrected chi connectivity index (χ1v) is 4.32. The van der Waals surface area contributed by atoms with Gasteiger partial charge in [-0.25, -0.2) is 0 Å². The van der Waals surface area contributed by atoms with Crippen molar-refractivity contribution in [2.45, 2.75) is 19.9 Å². The summed E-state index contributed by atoms with van der Waals surface area (Å²) in [6.45, 7) is 4.22. The minimum absolute atomic E-state index is 0.500. The van der Waals surface area contributed by atoms with E-state index in [1.54, 1.807) is 0 Å². The average Bonchev–Trinajstić information content (AvgIpc) is 2.24. The third kappa shape index (κ3) is 18.2. The summed E-state index contributed by atoms with van der Waals surface area (Å²) in [5, 5.41) is 3.03. The maximum Gasteiger partial charge on any atom is 0.0785 e. The van der Waals surface area contributed by atoms with Gasteiger partial charge >= 0.3 is 0 Å². The number of rotatable bonds is 1. The molecule has 0 spiro atoms. The third-order valence-electron chi connectivity index (χ3n) is 1.24. The topological polar surface area (TPSA) is 12.0 Å². The fourth-order valence-corrected chi connectivity index (χ4v) is 0.385. The van der Waals surface area contributed by atoms with Crippen LogP contribution < -0.4 is 5.32 Å². The van der Waals surface area contributed by atoms with Gasteiger partial charge in [-0.15, -0.1) is 0 Å². The number of benzene rings is 1. The first-order chi connectivity index (χ1) is 6.27. The second-order valence-corrected chi connectivity index (χ2v) is 2.60. The molecule has 13 heavy (non-hydrogen) atoms. The van der Waals surface area contributed by atoms with Crippen LogP contribution in [0.15, 0.2) is 36.4 Å². The Morgan fingerprint density at radius 3 is 1.08 bits per heavy atom. The molecule has 0 unspecified atom stereocenters. The van der Waals surface area contributed by atoms with E-state index in [1.165, 1.54) is 0 Å². The zero-order valence-corrected chi connectivity index (χ0v) is 8.92. The number of nitrogens with one attached hydrogen (secondary N) is 1. The minimum atomic E-state index is 0.500. The Bertz CT molecular complexity index is 125. The predicted octanol–water partition coefficient (Wildman–Crippen LogP) is 2.89. The average molecular weight is 185 g/mol. The van der Waals surface area contributed by atoms with Crippen LogP contribution in [0.1, 0.15) is 13.8 Å². The van der Waals surface area contributed by atoms with Gasteiger partial charge in [0.15, 0.2) is 0 Å². The van der Waals surface area contributed by atoms with Crippen LogP contribution in [-0.4, -0.2) is 20.3 Å². The molecule has 76 valence electrons. The molecule has 0 atom stereocenters. The fraction of sp³-hybridized carbons (Fsp3) is 0.455. The molecule has 1 rings (SSSR count). The van der Waals surface area contributed by atoms with Gasteiger partial charge in [0, 0.05) is 6.04 Å². The van der Waals surface area contributed by atoms with Crippen LogP contribution in [0.25, 0.3) is 0 Å². The number of alkyl halides is 1. The molecule has 0 saturated heterocycles. The molecule has 1 nitrogen and oxygen atoms in total. The lowest BCUT2D eigenvalue weighted by Gasteiger charge is -1.95. The lowest BCUT2D eigenvalue weighted by Crippen LogP contribution is -2.15. The van der Waals surface area contributed by atoms with E-state index in [0.29, 0.717) is 13.2 Å². The second kappa shape index (κ2) is 13.7. The minimum Gasteiger partial charge on any atom is -0.318 e. The summed E-state index contributed by atoms with van der Waals surface area (Å²) in [6.07, 6.45) is 0. The maximum absolute atomic E-state index is 9.50. The number of hydrogen-bond acceptors (Lipinski definition) is 1. The van der Waals surface area contributed by atoms with Crippen LogP contribution in [0.5, 0.6) is 0 Å². The van der Waals surface area contributed by atoms with Gasteiger partial charge in [-0.1, -0.05) is 50.2 Å². The summed E-state index contributed by atoms with van der Waals surface area (Å²) >= 11 is 0. The number of halogens is 1. The van der Waals surface area contributed by atoms with Gasteiger partial charge in [-0.2, -0.15) is 0 Å². The molecule has 0 heterocycles. The Balaban J connectivity index is 0. The highest BCUT2D eigenvalue weighted by molar-refractivity contribution is 4.99. The van der Waals surface area contributed by atoms with E-state index in [2.05, 4.69) is 19.2 Å². The molecule has 0 aliphatic heterocycles. The van der Waals surface area contributed by atoms with Crippen LogP contribution in [0, 0.1) is 0 Å². The SMILES string of the molecule is CF.CNC(C)C.c1ccccc1. The van der Waals surface area contributed by atoms with Crippen molar-refractivity contribution in [2.75, 3.05) is 14.2 Å². The molecule has 0 bridgehead atoms. The molecule has 0 aliphatic carbocycles. The molecule has 2 heteroatoms. The molecule has 0 saturated carbocycles. The molecule has 0 radical (unpaired) electrons. The Morgan fingerprint density at radius 1 is 0.846 bits per heavy atom. The van der Waals surface area contributed by atoms with Gasteiger partial charge in [0.2, 0.25) is 0 Å². The van der Waals surface area contributed by atoms with Gasteiger partial charge < -0.3 is 5.32 Å². The van der Waals surface area contributed by atoms with Crippen molar-refractivity contribution < 1.29 is 4.39 Å². The highest BCUT2D eigenvalue weighted by Crippen LogP contribution is 1.79. The molecule has 1 aromatic carbocycles. The van der Waals surface area contributed by atoms with E-state index in [-0.39, 0.29) is 0 Å². The molecule has 1 aromatic rings. The molecule has 0 fully saturated rings. The first kappa shape index (κ1) is 14.6. The zero-order valence-electron chi connectivity index (χ0n) is 8.92. The summed E-state index contributed by atoms with van der Waals surface area (Å²) in [7, 11) is 2.45. The highest BCUT2D eigenvalue weighted by Gasteiger charge is 1.76. The van der Waals surface area contributed by atoms with Gasteiger partial charge in [0.1, 0.15) is 0 Å². The van der Waals surface area contributed by atoms with Crippen molar-refractivity contribution in [2.24, 2.45) is 0 Å². The standard InChI is InChI=1S/C6H6.C4H11N.CH3F/c1-2-4-6-5-3-1;1-4(2)5-3;1-2/h1-6H;4-5H,1-3H3;1H3. The van der Waals surface area contributed by atoms with Crippen molar-refractivity contribution in [3.8, 4) is 0 Å². The van der Waals surface area contributed by atoms with Crippen LogP contribution in [0.4, 0.5) is 4.39 Å². The van der Waals surface area contributed by atoms with E-state index in [0.717, 1.165) is 0 Å². The molecule has 0 aromatic heterocycles. The summed E-state index contributed by atoms with van der Waals surface area (Å²) in [6, 6.07) is 12.6. The van der Waals surface area contributed by atoms with E-state index in [9.17, 15) is 4.39 Å². The molecular weight excluding hydrogens is 165 g/mol. The van der Waals surface area contributed by atoms with Gasteiger partial charge in [-0.05, 0) is 7.05 Å². The van der Waals surface area contributed by atoms with Gasteiger partial charge in [-0.3, -0.25) is 4.39 Å². The Kier molecular flexibility index (Phi) is 15.4. The molecule has 0 aliphatic rings. The fourth-order valence-electron chi connectivity index (χ4n) is 0.385. The lowest BCUT2D eigenvalue weighted by atomic mass is 10.4. The summed E-state index contributed by atoms with van der Waals surface area (Å²) in [5.41, 5.74) is 0. The second-order valence-electron chi connectivity index (χ2n) is 2.60. The van der Waals surface area contributed by atoms with Crippen LogP contribution >= 0.6 is 0 Å². The lowest BCUT2D eigenvalue weighted by molar-refractivity contribution is 0.636. The smallest absolute Gasteiger partial charge is 0.0785 e. The normalized spacial score (nSPS) is 7.85. The van der Waals surface area contributed by atoms with E-state index in [1.807, 2.05) is 43.4 Å². The Hall–Kier alpha value is -0.890. The van der Waals surface area contributed by atoms with Crippen molar-refractivity contribution in [3.63, 3.8) is 0 Å². The molecule has 1 N–H and O–H groups in total. The van der Waals surface area contributed by atoms with Crippen molar-refractivity contribution in [3.05, 3.63) is 36.4 Å². The van der Waals surface area contributed by atoms with Crippen molar-refractivity contribution in [1.82, 2.24) is 5.32 Å². The summed E-state index contributed by atoms with van der Waals surface area (Å²) in [4.78, 5) is 0. The van der Waals surface area contributed by atoms with Crippen molar-refractivity contribution >= 4 is 0 Å². The van der Waals surface area contributed by atoms with Crippen LogP contribution in [0.3, 0.4) is 0 Å². The Labute approximate surface area is 81.0 Å². The van der Waals surface area contributed by atoms with Crippen LogP contribution in [0.2, 0.25) is 0 Å². The largest absolute Gasteiger partial charge is 0.318 e. The van der Waals surface area contributed by atoms with E-state index in [4.69, 9.17) is 0 Å². The van der Waals surface area contributed by atoms with Gasteiger partial charge in [0.25, 0.3) is 0 Å². The third-order valence-corrected chi connectivity index (χ3v) is 1.24. The van der Waals surface area contributed by atoms with Gasteiger partial charge in [0.05, 0.1) is 7.18 Å². The maximum atomic E-state index is 9.50. The predicted molar refractivity (Wildman–Crippen MR) is 57.7 cm³/mol. The Morgan fingerprint density at radius 2 is 1.00 bits per heavy atom. The summed E-state index contributed by atoms with van der Waals surface area (Å²) < 4.78 is 9.50. The zero-order chi connectivity index (χ0) is 10.5. The molecular formula is C11H20FN. The van der Waals surface area contributed by atoms with Crippen LogP contribution in [-0.2, 0) is 0 Å². The summed E-state index contributed by atoms with van der Waals surface area (Å²) in [5.74, 6) is 0. The van der Waals surface area contributed by atoms with E-state index < -0.39 is 0 Å². The highest BCUT2D eigenvalue weighted by atomic mass is 19.1. The molecule has 0 amide bonds. The quantitative estimate of drug-likeness (QED) is 0.709. The number of hydrogen-bond donors (Lipinski definition) is 1. The monoisotopic (exact) mass is 185 g/mol. The first-order valence-electron chi connectivity index (χ1n) is 4.32.